The average molecular weight is 364 g/mol. The molecular weight excluding hydrogens is 349 g/mol. The van der Waals surface area contributed by atoms with E-state index in [1.807, 2.05) is 0 Å². The molecule has 0 bridgehead atoms. The van der Waals surface area contributed by atoms with Gasteiger partial charge in [0.25, 0.3) is 5.91 Å². The molecule has 10 heteroatoms. The molecule has 26 heavy (non-hydrogen) atoms. The second-order valence-corrected chi connectivity index (χ2v) is 5.95. The standard InChI is InChI=1S/C16H15F3N6O/c1-9-7-13(24(2)23-9)25-6-5-11(15(25)26)21-14-10(8-20)3-4-12(22-14)16(17,18)19/h3-4,7,11H,5-6H2,1-2H3,(H,21,22). The van der Waals surface area contributed by atoms with Gasteiger partial charge in [-0.1, -0.05) is 0 Å². The fourth-order valence-electron chi connectivity index (χ4n) is 2.87. The van der Waals surface area contributed by atoms with E-state index in [0.717, 1.165) is 17.8 Å². The number of carbonyl (C=O) groups excluding carboxylic acids is 1. The number of amides is 1. The fraction of sp³-hybridized carbons (Fsp3) is 0.375. The highest BCUT2D eigenvalue weighted by Gasteiger charge is 2.36. The predicted octanol–water partition coefficient (Wildman–Crippen LogP) is 2.23. The molecule has 0 aromatic carbocycles. The Morgan fingerprint density at radius 2 is 2.12 bits per heavy atom. The number of hydrogen-bond donors (Lipinski definition) is 1. The topological polar surface area (TPSA) is 86.8 Å². The van der Waals surface area contributed by atoms with E-state index in [1.165, 1.54) is 4.90 Å². The van der Waals surface area contributed by atoms with Crippen molar-refractivity contribution in [3.05, 3.63) is 35.2 Å². The molecule has 0 radical (unpaired) electrons. The first-order valence-corrected chi connectivity index (χ1v) is 7.77. The van der Waals surface area contributed by atoms with Crippen LogP contribution >= 0.6 is 0 Å². The fourth-order valence-corrected chi connectivity index (χ4v) is 2.87. The van der Waals surface area contributed by atoms with E-state index < -0.39 is 17.9 Å². The molecule has 7 nitrogen and oxygen atoms in total. The molecule has 0 saturated carbocycles. The number of hydrogen-bond acceptors (Lipinski definition) is 5. The third-order valence-corrected chi connectivity index (χ3v) is 4.08. The van der Waals surface area contributed by atoms with Gasteiger partial charge < -0.3 is 5.32 Å². The van der Waals surface area contributed by atoms with Crippen molar-refractivity contribution in [1.82, 2.24) is 14.8 Å². The molecular formula is C16H15F3N6O. The quantitative estimate of drug-likeness (QED) is 0.903. The van der Waals surface area contributed by atoms with Gasteiger partial charge >= 0.3 is 6.18 Å². The summed E-state index contributed by atoms with van der Waals surface area (Å²) in [7, 11) is 1.71. The van der Waals surface area contributed by atoms with Crippen LogP contribution in [0.1, 0.15) is 23.4 Å². The Kier molecular flexibility index (Phi) is 4.31. The first-order valence-electron chi connectivity index (χ1n) is 7.77. The van der Waals surface area contributed by atoms with Gasteiger partial charge in [0.15, 0.2) is 0 Å². The Bertz CT molecular complexity index is 898. The van der Waals surface area contributed by atoms with Crippen LogP contribution < -0.4 is 10.2 Å². The highest BCUT2D eigenvalue weighted by molar-refractivity contribution is 6.00. The van der Waals surface area contributed by atoms with Gasteiger partial charge in [0, 0.05) is 19.7 Å². The molecule has 1 amide bonds. The molecule has 3 rings (SSSR count). The Balaban J connectivity index is 1.85. The summed E-state index contributed by atoms with van der Waals surface area (Å²) >= 11 is 0. The van der Waals surface area contributed by atoms with Gasteiger partial charge in [-0.15, -0.1) is 0 Å². The Morgan fingerprint density at radius 1 is 1.38 bits per heavy atom. The summed E-state index contributed by atoms with van der Waals surface area (Å²) < 4.78 is 40.2. The lowest BCUT2D eigenvalue weighted by Gasteiger charge is -2.18. The summed E-state index contributed by atoms with van der Waals surface area (Å²) in [5.74, 6) is 0.0501. The Hall–Kier alpha value is -3.09. The molecule has 1 N–H and O–H groups in total. The molecule has 1 unspecified atom stereocenters. The second-order valence-electron chi connectivity index (χ2n) is 5.95. The number of nitrogens with one attached hydrogen (secondary N) is 1. The normalized spacial score (nSPS) is 17.5. The summed E-state index contributed by atoms with van der Waals surface area (Å²) in [6.45, 7) is 2.18. The molecule has 1 fully saturated rings. The molecule has 3 heterocycles. The van der Waals surface area contributed by atoms with E-state index in [2.05, 4.69) is 15.4 Å². The molecule has 1 atom stereocenters. The zero-order valence-electron chi connectivity index (χ0n) is 14.0. The number of anilines is 2. The molecule has 1 aliphatic heterocycles. The molecule has 0 spiro atoms. The number of halogens is 3. The summed E-state index contributed by atoms with van der Waals surface area (Å²) in [5.41, 5.74) is -0.429. The highest BCUT2D eigenvalue weighted by atomic mass is 19.4. The maximum Gasteiger partial charge on any atom is 0.433 e. The number of aromatic nitrogens is 3. The van der Waals surface area contributed by atoms with Crippen LogP contribution in [0.25, 0.3) is 0 Å². The molecule has 2 aromatic rings. The van der Waals surface area contributed by atoms with E-state index >= 15 is 0 Å². The minimum atomic E-state index is -4.64. The summed E-state index contributed by atoms with van der Waals surface area (Å²) in [6, 6.07) is 4.55. The zero-order chi connectivity index (χ0) is 19.1. The number of nitrogens with zero attached hydrogens (tertiary/aromatic N) is 5. The lowest BCUT2D eigenvalue weighted by atomic mass is 10.2. The molecule has 0 aliphatic carbocycles. The first kappa shape index (κ1) is 17.7. The third kappa shape index (κ3) is 3.20. The van der Waals surface area contributed by atoms with Crippen LogP contribution in [0.2, 0.25) is 0 Å². The number of nitriles is 1. The average Bonchev–Trinajstić information content (AvgIpc) is 3.08. The van der Waals surface area contributed by atoms with Crippen LogP contribution in [-0.2, 0) is 18.0 Å². The van der Waals surface area contributed by atoms with Crippen molar-refractivity contribution >= 4 is 17.5 Å². The minimum absolute atomic E-state index is 0.0550. The monoisotopic (exact) mass is 364 g/mol. The molecule has 1 aliphatic rings. The van der Waals surface area contributed by atoms with Crippen molar-refractivity contribution in [2.45, 2.75) is 25.6 Å². The van der Waals surface area contributed by atoms with Crippen LogP contribution in [0.5, 0.6) is 0 Å². The van der Waals surface area contributed by atoms with Crippen molar-refractivity contribution < 1.29 is 18.0 Å². The van der Waals surface area contributed by atoms with Gasteiger partial charge in [0.05, 0.1) is 11.3 Å². The maximum atomic E-state index is 12.9. The van der Waals surface area contributed by atoms with Gasteiger partial charge in [-0.3, -0.25) is 14.4 Å². The van der Waals surface area contributed by atoms with Crippen LogP contribution in [0.4, 0.5) is 24.8 Å². The molecule has 136 valence electrons. The lowest BCUT2D eigenvalue weighted by molar-refractivity contribution is -0.141. The van der Waals surface area contributed by atoms with Crippen molar-refractivity contribution in [2.24, 2.45) is 7.05 Å². The number of aryl methyl sites for hydroxylation is 2. The summed E-state index contributed by atoms with van der Waals surface area (Å²) in [5, 5.41) is 16.0. The van der Waals surface area contributed by atoms with E-state index in [-0.39, 0.29) is 17.3 Å². The van der Waals surface area contributed by atoms with Crippen molar-refractivity contribution in [2.75, 3.05) is 16.8 Å². The minimum Gasteiger partial charge on any atom is -0.357 e. The zero-order valence-corrected chi connectivity index (χ0v) is 14.0. The maximum absolute atomic E-state index is 12.9. The van der Waals surface area contributed by atoms with Gasteiger partial charge in [-0.25, -0.2) is 4.98 Å². The number of carbonyl (C=O) groups is 1. The van der Waals surface area contributed by atoms with Crippen LogP contribution in [-0.4, -0.2) is 33.3 Å². The first-order chi connectivity index (χ1) is 12.2. The number of pyridine rings is 1. The number of alkyl halides is 3. The highest BCUT2D eigenvalue weighted by Crippen LogP contribution is 2.30. The van der Waals surface area contributed by atoms with Gasteiger partial charge in [-0.05, 0) is 25.5 Å². The van der Waals surface area contributed by atoms with Crippen molar-refractivity contribution in [3.8, 4) is 6.07 Å². The van der Waals surface area contributed by atoms with E-state index in [9.17, 15) is 18.0 Å². The summed E-state index contributed by atoms with van der Waals surface area (Å²) in [4.78, 5) is 17.6. The summed E-state index contributed by atoms with van der Waals surface area (Å²) in [6.07, 6.45) is -4.27. The van der Waals surface area contributed by atoms with Gasteiger partial charge in [0.1, 0.15) is 29.4 Å². The van der Waals surface area contributed by atoms with Crippen LogP contribution in [0.3, 0.4) is 0 Å². The third-order valence-electron chi connectivity index (χ3n) is 4.08. The SMILES string of the molecule is Cc1cc(N2CCC(Nc3nc(C(F)(F)F)ccc3C#N)C2=O)n(C)n1. The predicted molar refractivity (Wildman–Crippen MR) is 86.3 cm³/mol. The Labute approximate surface area is 147 Å². The van der Waals surface area contributed by atoms with E-state index in [4.69, 9.17) is 5.26 Å². The number of rotatable bonds is 3. The molecule has 2 aromatic heterocycles. The van der Waals surface area contributed by atoms with Gasteiger partial charge in [0.2, 0.25) is 0 Å². The van der Waals surface area contributed by atoms with Crippen LogP contribution in [0.15, 0.2) is 18.2 Å². The van der Waals surface area contributed by atoms with Gasteiger partial charge in [-0.2, -0.15) is 23.5 Å². The smallest absolute Gasteiger partial charge is 0.357 e. The second kappa shape index (κ2) is 6.33. The van der Waals surface area contributed by atoms with E-state index in [0.29, 0.717) is 18.8 Å². The largest absolute Gasteiger partial charge is 0.433 e. The Morgan fingerprint density at radius 3 is 2.69 bits per heavy atom. The van der Waals surface area contributed by atoms with Crippen molar-refractivity contribution in [1.29, 1.82) is 5.26 Å². The van der Waals surface area contributed by atoms with Crippen molar-refractivity contribution in [3.63, 3.8) is 0 Å². The molecule has 1 saturated heterocycles. The van der Waals surface area contributed by atoms with E-state index in [1.54, 1.807) is 30.8 Å². The van der Waals surface area contributed by atoms with Crippen LogP contribution in [0, 0.1) is 18.3 Å². The lowest BCUT2D eigenvalue weighted by Crippen LogP contribution is -2.35.